The molecule has 0 aliphatic carbocycles. The molecule has 1 unspecified atom stereocenters. The third kappa shape index (κ3) is 12.7. The summed E-state index contributed by atoms with van der Waals surface area (Å²) in [5.74, 6) is -3.21. The number of methoxy groups -OCH3 is 2. The topological polar surface area (TPSA) is 158 Å². The third-order valence-corrected chi connectivity index (χ3v) is 11.5. The number of carbonyl (C=O) groups excluding carboxylic acids is 4. The van der Waals surface area contributed by atoms with Crippen LogP contribution in [-0.4, -0.2) is 133 Å². The van der Waals surface area contributed by atoms with Crippen molar-refractivity contribution in [3.63, 3.8) is 0 Å². The first-order chi connectivity index (χ1) is 25.8. The van der Waals surface area contributed by atoms with E-state index in [0.29, 0.717) is 19.4 Å². The van der Waals surface area contributed by atoms with Crippen molar-refractivity contribution in [2.45, 2.75) is 143 Å². The molecule has 1 aliphatic heterocycles. The zero-order valence-corrected chi connectivity index (χ0v) is 35.7. The molecule has 13 nitrogen and oxygen atoms in total. The van der Waals surface area contributed by atoms with E-state index in [0.717, 1.165) is 12.0 Å². The molecule has 1 aromatic rings. The highest BCUT2D eigenvalue weighted by Crippen LogP contribution is 2.30. The number of likely N-dealkylation sites (tertiary alicyclic amines) is 1. The van der Waals surface area contributed by atoms with Crippen molar-refractivity contribution in [2.75, 3.05) is 34.9 Å². The zero-order chi connectivity index (χ0) is 41.7. The van der Waals surface area contributed by atoms with E-state index in [2.05, 4.69) is 10.6 Å². The highest BCUT2D eigenvalue weighted by Gasteiger charge is 2.43. The second-order valence-electron chi connectivity index (χ2n) is 16.4. The van der Waals surface area contributed by atoms with Crippen molar-refractivity contribution in [1.82, 2.24) is 25.3 Å². The summed E-state index contributed by atoms with van der Waals surface area (Å²) in [5.41, 5.74) is 0.785. The summed E-state index contributed by atoms with van der Waals surface area (Å²) in [6.07, 6.45) is 0.808. The summed E-state index contributed by atoms with van der Waals surface area (Å²) in [7, 11) is 6.69. The van der Waals surface area contributed by atoms with Crippen molar-refractivity contribution in [3.8, 4) is 0 Å². The van der Waals surface area contributed by atoms with Gasteiger partial charge in [-0.1, -0.05) is 85.2 Å². The van der Waals surface area contributed by atoms with Crippen molar-refractivity contribution in [1.29, 1.82) is 0 Å². The van der Waals surface area contributed by atoms with Gasteiger partial charge in [0.15, 0.2) is 0 Å². The van der Waals surface area contributed by atoms with Crippen LogP contribution in [0.2, 0.25) is 0 Å². The van der Waals surface area contributed by atoms with Crippen LogP contribution >= 0.6 is 0 Å². The Labute approximate surface area is 330 Å². The summed E-state index contributed by atoms with van der Waals surface area (Å²) in [6.45, 7) is 18.1. The van der Waals surface area contributed by atoms with Gasteiger partial charge in [-0.15, -0.1) is 0 Å². The lowest BCUT2D eigenvalue weighted by molar-refractivity contribution is -0.148. The van der Waals surface area contributed by atoms with E-state index in [1.807, 2.05) is 97.7 Å². The molecule has 4 amide bonds. The maximum absolute atomic E-state index is 14.3. The monoisotopic (exact) mass is 774 g/mol. The van der Waals surface area contributed by atoms with E-state index in [1.165, 1.54) is 7.11 Å². The first-order valence-corrected chi connectivity index (χ1v) is 20.0. The third-order valence-electron chi connectivity index (χ3n) is 11.5. The van der Waals surface area contributed by atoms with Crippen LogP contribution in [0.15, 0.2) is 30.3 Å². The van der Waals surface area contributed by atoms with Gasteiger partial charge in [-0.3, -0.25) is 24.1 Å². The van der Waals surface area contributed by atoms with E-state index < -0.39 is 60.2 Å². The number of benzene rings is 1. The Morgan fingerprint density at radius 1 is 0.891 bits per heavy atom. The van der Waals surface area contributed by atoms with Crippen molar-refractivity contribution < 1.29 is 38.6 Å². The number of aliphatic carboxylic acids is 1. The van der Waals surface area contributed by atoms with Gasteiger partial charge in [-0.25, -0.2) is 4.79 Å². The molecule has 312 valence electrons. The minimum atomic E-state index is -1.14. The molecule has 0 aromatic heterocycles. The van der Waals surface area contributed by atoms with Crippen LogP contribution in [0.4, 0.5) is 0 Å². The molecule has 55 heavy (non-hydrogen) atoms. The SMILES string of the molecule is CC[C@H](C)[C@@H]([C@@H](CC(=O)N1CCC[C@H]1[C@H](OC)[C@@H](C)C(=O)N[C@@H](Cc1ccccc1)C(=O)O)OC)N(C)C(=O)[C@@H](NC(=O)C(C(C)C)N(C)C(C)C)C(C)C. The van der Waals surface area contributed by atoms with E-state index in [1.54, 1.807) is 30.9 Å². The Morgan fingerprint density at radius 2 is 1.51 bits per heavy atom. The number of likely N-dealkylation sites (N-methyl/N-ethyl adjacent to an activating group) is 2. The molecule has 0 radical (unpaired) electrons. The molecule has 1 aromatic carbocycles. The molecule has 0 spiro atoms. The molecule has 1 aliphatic rings. The van der Waals surface area contributed by atoms with Crippen LogP contribution < -0.4 is 10.6 Å². The second-order valence-corrected chi connectivity index (χ2v) is 16.4. The van der Waals surface area contributed by atoms with E-state index in [4.69, 9.17) is 9.47 Å². The number of nitrogens with one attached hydrogen (secondary N) is 2. The Bertz CT molecular complexity index is 1390. The Morgan fingerprint density at radius 3 is 2.00 bits per heavy atom. The molecule has 1 heterocycles. The fourth-order valence-corrected chi connectivity index (χ4v) is 7.91. The first kappa shape index (κ1) is 47.6. The van der Waals surface area contributed by atoms with Crippen LogP contribution in [0.3, 0.4) is 0 Å². The summed E-state index contributed by atoms with van der Waals surface area (Å²) in [4.78, 5) is 73.3. The number of ether oxygens (including phenoxy) is 2. The lowest BCUT2D eigenvalue weighted by atomic mass is 9.89. The van der Waals surface area contributed by atoms with Crippen LogP contribution in [0.5, 0.6) is 0 Å². The summed E-state index contributed by atoms with van der Waals surface area (Å²) < 4.78 is 11.9. The van der Waals surface area contributed by atoms with E-state index in [9.17, 15) is 29.1 Å². The molecule has 0 saturated carbocycles. The molecule has 13 heteroatoms. The number of carboxylic acid groups (broad SMARTS) is 1. The predicted molar refractivity (Wildman–Crippen MR) is 214 cm³/mol. The van der Waals surface area contributed by atoms with Gasteiger partial charge in [-0.05, 0) is 57.1 Å². The smallest absolute Gasteiger partial charge is 0.326 e. The van der Waals surface area contributed by atoms with Crippen molar-refractivity contribution in [2.24, 2.45) is 23.7 Å². The van der Waals surface area contributed by atoms with Gasteiger partial charge >= 0.3 is 5.97 Å². The molecule has 1 fully saturated rings. The van der Waals surface area contributed by atoms with Gasteiger partial charge in [0.2, 0.25) is 23.6 Å². The summed E-state index contributed by atoms with van der Waals surface area (Å²) in [5, 5.41) is 15.7. The van der Waals surface area contributed by atoms with Crippen LogP contribution in [0, 0.1) is 23.7 Å². The number of amides is 4. The number of carbonyl (C=O) groups is 5. The maximum atomic E-state index is 14.3. The highest BCUT2D eigenvalue weighted by atomic mass is 16.5. The summed E-state index contributed by atoms with van der Waals surface area (Å²) >= 11 is 0. The quantitative estimate of drug-likeness (QED) is 0.157. The minimum Gasteiger partial charge on any atom is -0.480 e. The average molecular weight is 774 g/mol. The van der Waals surface area contributed by atoms with Crippen LogP contribution in [-0.2, 0) is 39.9 Å². The largest absolute Gasteiger partial charge is 0.480 e. The second kappa shape index (κ2) is 22.3. The molecular weight excluding hydrogens is 702 g/mol. The zero-order valence-electron chi connectivity index (χ0n) is 35.7. The molecule has 1 saturated heterocycles. The minimum absolute atomic E-state index is 0.0118. The van der Waals surface area contributed by atoms with Gasteiger partial charge in [0.05, 0.1) is 42.7 Å². The molecule has 9 atom stereocenters. The van der Waals surface area contributed by atoms with Gasteiger partial charge in [0.1, 0.15) is 12.1 Å². The van der Waals surface area contributed by atoms with Gasteiger partial charge in [0, 0.05) is 40.3 Å². The van der Waals surface area contributed by atoms with Crippen LogP contribution in [0.1, 0.15) is 93.6 Å². The number of nitrogens with zero attached hydrogens (tertiary/aromatic N) is 3. The number of hydrogen-bond donors (Lipinski definition) is 3. The predicted octanol–water partition coefficient (Wildman–Crippen LogP) is 4.22. The number of rotatable bonds is 22. The Balaban J connectivity index is 2.29. The molecule has 3 N–H and O–H groups in total. The van der Waals surface area contributed by atoms with E-state index >= 15 is 0 Å². The van der Waals surface area contributed by atoms with Gasteiger partial charge in [-0.2, -0.15) is 0 Å². The lowest BCUT2D eigenvalue weighted by Gasteiger charge is -2.41. The fraction of sp³-hybridized carbons (Fsp3) is 0.738. The highest BCUT2D eigenvalue weighted by molar-refractivity contribution is 5.90. The fourth-order valence-electron chi connectivity index (χ4n) is 7.91. The first-order valence-electron chi connectivity index (χ1n) is 20.0. The standard InChI is InChI=1S/C42H71N5O8/c1-14-28(8)37(46(11)41(51)35(25(2)3)44-40(50)36(26(4)5)45(10)27(6)7)33(54-12)24-34(48)47-22-18-21-32(47)38(55-13)29(9)39(49)43-31(42(52)53)23-30-19-16-15-17-20-30/h15-17,19-20,25-29,31-33,35-38H,14,18,21-24H2,1-13H3,(H,43,49)(H,44,50)(H,52,53)/t28-,29+,31-,32-,33+,35-,36?,37-,38+/m0/s1. The molecule has 0 bridgehead atoms. The normalized spacial score (nSPS) is 19.1. The van der Waals surface area contributed by atoms with E-state index in [-0.39, 0.29) is 54.4 Å². The van der Waals surface area contributed by atoms with Crippen molar-refractivity contribution in [3.05, 3.63) is 35.9 Å². The van der Waals surface area contributed by atoms with Gasteiger partial charge in [0.25, 0.3) is 0 Å². The number of hydrogen-bond acceptors (Lipinski definition) is 8. The molecule has 2 rings (SSSR count). The molecular formula is C42H71N5O8. The maximum Gasteiger partial charge on any atom is 0.326 e. The average Bonchev–Trinajstić information content (AvgIpc) is 3.62. The van der Waals surface area contributed by atoms with Crippen molar-refractivity contribution >= 4 is 29.6 Å². The number of carboxylic acids is 1. The van der Waals surface area contributed by atoms with Crippen LogP contribution in [0.25, 0.3) is 0 Å². The Hall–Kier alpha value is -3.55. The summed E-state index contributed by atoms with van der Waals surface area (Å²) in [6, 6.07) is 6.00. The lowest BCUT2D eigenvalue weighted by Crippen LogP contribution is -2.60. The Kier molecular flexibility index (Phi) is 19.3. The van der Waals surface area contributed by atoms with Gasteiger partial charge < -0.3 is 35.0 Å².